The topological polar surface area (TPSA) is 57.5 Å². The molecule has 7 heteroatoms. The monoisotopic (exact) mass is 510 g/mol. The molecule has 6 nitrogen and oxygen atoms in total. The van der Waals surface area contributed by atoms with Crippen LogP contribution in [0.3, 0.4) is 0 Å². The number of likely N-dealkylation sites (tertiary alicyclic amines) is 1. The van der Waals surface area contributed by atoms with Gasteiger partial charge in [0.2, 0.25) is 0 Å². The molecule has 3 rings (SSSR count). The standard InChI is InChI=1S/C22H34N6.HI/c1-17(2)28-15-18(3)20(16-28)26-22(23-4)25-14-21-24-11-13-27(21)12-10-19-8-6-5-7-9-19;/h5-9,11,13,17-18,20H,10,12,14-16H2,1-4H3,(H2,23,25,26);1H. The van der Waals surface area contributed by atoms with Crippen LogP contribution in [0.25, 0.3) is 0 Å². The second-order valence-electron chi connectivity index (χ2n) is 7.97. The van der Waals surface area contributed by atoms with E-state index in [4.69, 9.17) is 0 Å². The first-order valence-electron chi connectivity index (χ1n) is 10.3. The molecule has 0 aliphatic carbocycles. The van der Waals surface area contributed by atoms with Crippen molar-refractivity contribution in [3.8, 4) is 0 Å². The van der Waals surface area contributed by atoms with Crippen LogP contribution in [0, 0.1) is 5.92 Å². The third-order valence-corrected chi connectivity index (χ3v) is 5.62. The maximum Gasteiger partial charge on any atom is 0.191 e. The van der Waals surface area contributed by atoms with Crippen molar-refractivity contribution >= 4 is 29.9 Å². The summed E-state index contributed by atoms with van der Waals surface area (Å²) in [6.07, 6.45) is 4.93. The van der Waals surface area contributed by atoms with Gasteiger partial charge in [-0.2, -0.15) is 0 Å². The van der Waals surface area contributed by atoms with Crippen LogP contribution in [0.5, 0.6) is 0 Å². The minimum Gasteiger partial charge on any atom is -0.352 e. The van der Waals surface area contributed by atoms with Gasteiger partial charge in [-0.25, -0.2) is 4.98 Å². The predicted molar refractivity (Wildman–Crippen MR) is 131 cm³/mol. The van der Waals surface area contributed by atoms with Crippen molar-refractivity contribution in [3.63, 3.8) is 0 Å². The van der Waals surface area contributed by atoms with Gasteiger partial charge < -0.3 is 15.2 Å². The average molecular weight is 510 g/mol. The van der Waals surface area contributed by atoms with Crippen LogP contribution < -0.4 is 10.6 Å². The summed E-state index contributed by atoms with van der Waals surface area (Å²) in [6, 6.07) is 11.6. The minimum atomic E-state index is 0. The molecule has 1 aromatic carbocycles. The van der Waals surface area contributed by atoms with Gasteiger partial charge in [0.05, 0.1) is 6.54 Å². The molecule has 0 saturated carbocycles. The third-order valence-electron chi connectivity index (χ3n) is 5.62. The molecular weight excluding hydrogens is 475 g/mol. The summed E-state index contributed by atoms with van der Waals surface area (Å²) in [5.74, 6) is 2.48. The molecule has 2 N–H and O–H groups in total. The third kappa shape index (κ3) is 6.70. The van der Waals surface area contributed by atoms with Gasteiger partial charge in [-0.15, -0.1) is 24.0 Å². The van der Waals surface area contributed by atoms with E-state index < -0.39 is 0 Å². The Bertz CT molecular complexity index is 758. The molecule has 0 radical (unpaired) electrons. The van der Waals surface area contributed by atoms with E-state index in [0.29, 0.717) is 24.5 Å². The summed E-state index contributed by atoms with van der Waals surface area (Å²) in [6.45, 7) is 10.6. The Balaban J connectivity index is 0.00000300. The fourth-order valence-corrected chi connectivity index (χ4v) is 3.75. The molecule has 160 valence electrons. The number of guanidine groups is 1. The van der Waals surface area contributed by atoms with Crippen LogP contribution in [0.1, 0.15) is 32.2 Å². The summed E-state index contributed by atoms with van der Waals surface area (Å²) in [5, 5.41) is 7.04. The van der Waals surface area contributed by atoms with Gasteiger partial charge in [0.1, 0.15) is 5.82 Å². The van der Waals surface area contributed by atoms with Crippen molar-refractivity contribution in [2.45, 2.75) is 52.4 Å². The quantitative estimate of drug-likeness (QED) is 0.342. The summed E-state index contributed by atoms with van der Waals surface area (Å²) < 4.78 is 2.21. The van der Waals surface area contributed by atoms with Crippen molar-refractivity contribution in [1.29, 1.82) is 0 Å². The van der Waals surface area contributed by atoms with E-state index in [0.717, 1.165) is 37.8 Å². The van der Waals surface area contributed by atoms with Gasteiger partial charge in [0.15, 0.2) is 5.96 Å². The molecule has 1 aliphatic rings. The maximum atomic E-state index is 4.53. The van der Waals surface area contributed by atoms with E-state index in [1.807, 2.05) is 13.2 Å². The van der Waals surface area contributed by atoms with Gasteiger partial charge in [-0.05, 0) is 31.7 Å². The number of rotatable bonds is 7. The number of aliphatic imine (C=N–C) groups is 1. The highest BCUT2D eigenvalue weighted by Crippen LogP contribution is 2.18. The Morgan fingerprint density at radius 1 is 1.24 bits per heavy atom. The van der Waals surface area contributed by atoms with E-state index in [9.17, 15) is 0 Å². The van der Waals surface area contributed by atoms with Gasteiger partial charge in [-0.3, -0.25) is 9.89 Å². The lowest BCUT2D eigenvalue weighted by Crippen LogP contribution is -2.46. The van der Waals surface area contributed by atoms with Crippen molar-refractivity contribution in [1.82, 2.24) is 25.1 Å². The number of hydrogen-bond donors (Lipinski definition) is 2. The molecule has 1 saturated heterocycles. The first-order valence-corrected chi connectivity index (χ1v) is 10.3. The number of aryl methyl sites for hydroxylation is 2. The minimum absolute atomic E-state index is 0. The fourth-order valence-electron chi connectivity index (χ4n) is 3.75. The summed E-state index contributed by atoms with van der Waals surface area (Å²) >= 11 is 0. The summed E-state index contributed by atoms with van der Waals surface area (Å²) in [7, 11) is 1.83. The van der Waals surface area contributed by atoms with Crippen molar-refractivity contribution in [2.75, 3.05) is 20.1 Å². The van der Waals surface area contributed by atoms with Crippen LogP contribution in [0.4, 0.5) is 0 Å². The first kappa shape index (κ1) is 23.7. The predicted octanol–water partition coefficient (Wildman–Crippen LogP) is 3.14. The summed E-state index contributed by atoms with van der Waals surface area (Å²) in [4.78, 5) is 11.5. The van der Waals surface area contributed by atoms with Gasteiger partial charge >= 0.3 is 0 Å². The zero-order valence-corrected chi connectivity index (χ0v) is 20.3. The molecule has 0 amide bonds. The molecule has 2 atom stereocenters. The molecule has 1 aromatic heterocycles. The Kier molecular flexibility index (Phi) is 9.42. The lowest BCUT2D eigenvalue weighted by Gasteiger charge is -2.22. The second kappa shape index (κ2) is 11.5. The fraction of sp³-hybridized carbons (Fsp3) is 0.545. The number of hydrogen-bond acceptors (Lipinski definition) is 3. The normalized spacial score (nSPS) is 20.0. The zero-order chi connectivity index (χ0) is 19.9. The second-order valence-corrected chi connectivity index (χ2v) is 7.97. The van der Waals surface area contributed by atoms with E-state index in [1.54, 1.807) is 0 Å². The van der Waals surface area contributed by atoms with Crippen LogP contribution in [-0.4, -0.2) is 52.6 Å². The van der Waals surface area contributed by atoms with Gasteiger partial charge in [-0.1, -0.05) is 37.3 Å². The highest BCUT2D eigenvalue weighted by atomic mass is 127. The van der Waals surface area contributed by atoms with Crippen molar-refractivity contribution in [2.24, 2.45) is 10.9 Å². The van der Waals surface area contributed by atoms with Crippen LogP contribution in [0.15, 0.2) is 47.7 Å². The van der Waals surface area contributed by atoms with Crippen molar-refractivity contribution in [3.05, 3.63) is 54.1 Å². The number of halogens is 1. The molecule has 0 bridgehead atoms. The van der Waals surface area contributed by atoms with E-state index in [2.05, 4.69) is 87.4 Å². The molecule has 2 unspecified atom stereocenters. The Labute approximate surface area is 192 Å². The number of nitrogens with one attached hydrogen (secondary N) is 2. The lowest BCUT2D eigenvalue weighted by molar-refractivity contribution is 0.265. The highest BCUT2D eigenvalue weighted by Gasteiger charge is 2.31. The molecular formula is C22H35IN6. The molecule has 0 spiro atoms. The Hall–Kier alpha value is -1.61. The lowest BCUT2D eigenvalue weighted by atomic mass is 10.1. The first-order chi connectivity index (χ1) is 13.6. The molecule has 2 heterocycles. The van der Waals surface area contributed by atoms with Crippen LogP contribution in [-0.2, 0) is 19.5 Å². The van der Waals surface area contributed by atoms with Crippen LogP contribution in [0.2, 0.25) is 0 Å². The van der Waals surface area contributed by atoms with E-state index in [-0.39, 0.29) is 24.0 Å². The Morgan fingerprint density at radius 2 is 2.00 bits per heavy atom. The number of benzene rings is 1. The number of nitrogens with zero attached hydrogens (tertiary/aromatic N) is 4. The highest BCUT2D eigenvalue weighted by molar-refractivity contribution is 14.0. The van der Waals surface area contributed by atoms with Crippen molar-refractivity contribution < 1.29 is 0 Å². The molecule has 2 aromatic rings. The van der Waals surface area contributed by atoms with E-state index in [1.165, 1.54) is 5.56 Å². The summed E-state index contributed by atoms with van der Waals surface area (Å²) in [5.41, 5.74) is 1.34. The van der Waals surface area contributed by atoms with Gasteiger partial charge in [0, 0.05) is 51.2 Å². The molecule has 1 fully saturated rings. The van der Waals surface area contributed by atoms with E-state index >= 15 is 0 Å². The zero-order valence-electron chi connectivity index (χ0n) is 18.0. The number of imidazole rings is 1. The number of aromatic nitrogens is 2. The van der Waals surface area contributed by atoms with Gasteiger partial charge in [0.25, 0.3) is 0 Å². The molecule has 1 aliphatic heterocycles. The largest absolute Gasteiger partial charge is 0.352 e. The Morgan fingerprint density at radius 3 is 2.66 bits per heavy atom. The maximum absolute atomic E-state index is 4.53. The van der Waals surface area contributed by atoms with Crippen LogP contribution >= 0.6 is 24.0 Å². The average Bonchev–Trinajstić information content (AvgIpc) is 3.30. The SMILES string of the molecule is CN=C(NCc1nccn1CCc1ccccc1)NC1CN(C(C)C)CC1C.I. The molecule has 29 heavy (non-hydrogen) atoms. The smallest absolute Gasteiger partial charge is 0.191 e.